The van der Waals surface area contributed by atoms with E-state index in [-0.39, 0.29) is 11.2 Å². The van der Waals surface area contributed by atoms with E-state index in [0.29, 0.717) is 5.13 Å². The Morgan fingerprint density at radius 2 is 1.89 bits per heavy atom. The molecule has 0 unspecified atom stereocenters. The molecule has 2 N–H and O–H groups in total. The Morgan fingerprint density at radius 3 is 2.53 bits per heavy atom. The minimum Gasteiger partial charge on any atom is -0.375 e. The molecular weight excluding hydrogens is 259 g/mol. The highest BCUT2D eigenvalue weighted by Crippen LogP contribution is 2.45. The van der Waals surface area contributed by atoms with Crippen molar-refractivity contribution in [2.24, 2.45) is 0 Å². The van der Waals surface area contributed by atoms with Crippen LogP contribution < -0.4 is 5.73 Å². The second-order valence-corrected chi connectivity index (χ2v) is 6.08. The summed E-state index contributed by atoms with van der Waals surface area (Å²) in [5, 5.41) is 2.56. The van der Waals surface area contributed by atoms with Crippen molar-refractivity contribution in [2.75, 3.05) is 5.73 Å². The Kier molecular flexibility index (Phi) is 3.27. The van der Waals surface area contributed by atoms with E-state index in [1.54, 1.807) is 12.1 Å². The lowest BCUT2D eigenvalue weighted by atomic mass is 9.67. The molecule has 1 heterocycles. The summed E-state index contributed by atoms with van der Waals surface area (Å²) in [5.41, 5.74) is 7.22. The molecule has 1 saturated carbocycles. The molecule has 1 aromatic heterocycles. The fourth-order valence-corrected chi connectivity index (χ4v) is 3.84. The third kappa shape index (κ3) is 2.14. The second kappa shape index (κ2) is 4.93. The quantitative estimate of drug-likeness (QED) is 0.896. The molecule has 0 aliphatic heterocycles. The molecule has 1 aliphatic carbocycles. The van der Waals surface area contributed by atoms with Gasteiger partial charge in [-0.15, -0.1) is 11.3 Å². The molecule has 0 amide bonds. The van der Waals surface area contributed by atoms with Crippen molar-refractivity contribution in [1.29, 1.82) is 0 Å². The second-order valence-electron chi connectivity index (χ2n) is 5.19. The number of hydrogen-bond donors (Lipinski definition) is 1. The Balaban J connectivity index is 2.14. The average molecular weight is 276 g/mol. The highest BCUT2D eigenvalue weighted by molar-refractivity contribution is 7.13. The van der Waals surface area contributed by atoms with Crippen LogP contribution in [0, 0.1) is 5.82 Å². The first kappa shape index (κ1) is 12.6. The zero-order valence-electron chi connectivity index (χ0n) is 10.7. The molecule has 0 bridgehead atoms. The van der Waals surface area contributed by atoms with Crippen LogP contribution >= 0.6 is 11.3 Å². The summed E-state index contributed by atoms with van der Waals surface area (Å²) in [6.45, 7) is 0. The number of thiazole rings is 1. The van der Waals surface area contributed by atoms with E-state index in [9.17, 15) is 4.39 Å². The first-order chi connectivity index (χ1) is 9.22. The van der Waals surface area contributed by atoms with Crippen molar-refractivity contribution < 1.29 is 4.39 Å². The number of halogens is 1. The van der Waals surface area contributed by atoms with Gasteiger partial charge in [-0.1, -0.05) is 37.5 Å². The van der Waals surface area contributed by atoms with Gasteiger partial charge in [0.25, 0.3) is 0 Å². The van der Waals surface area contributed by atoms with Crippen molar-refractivity contribution in [3.05, 3.63) is 46.7 Å². The van der Waals surface area contributed by atoms with Crippen LogP contribution in [0.5, 0.6) is 0 Å². The highest BCUT2D eigenvalue weighted by Gasteiger charge is 2.39. The number of rotatable bonds is 2. The van der Waals surface area contributed by atoms with Crippen LogP contribution in [0.1, 0.15) is 43.4 Å². The molecular formula is C15H17FN2S. The summed E-state index contributed by atoms with van der Waals surface area (Å²) >= 11 is 1.44. The van der Waals surface area contributed by atoms with Gasteiger partial charge in [0.15, 0.2) is 5.13 Å². The number of aromatic nitrogens is 1. The van der Waals surface area contributed by atoms with E-state index in [0.717, 1.165) is 36.9 Å². The van der Waals surface area contributed by atoms with Crippen molar-refractivity contribution in [3.8, 4) is 0 Å². The van der Waals surface area contributed by atoms with Gasteiger partial charge in [0.05, 0.1) is 5.69 Å². The van der Waals surface area contributed by atoms with E-state index < -0.39 is 0 Å². The Hall–Kier alpha value is -1.42. The van der Waals surface area contributed by atoms with Crippen LogP contribution in [-0.4, -0.2) is 4.98 Å². The van der Waals surface area contributed by atoms with Crippen molar-refractivity contribution in [3.63, 3.8) is 0 Å². The SMILES string of the molecule is Nc1nc(C2(c3ccccc3F)CCCCC2)cs1. The van der Waals surface area contributed by atoms with Gasteiger partial charge in [0.2, 0.25) is 0 Å². The van der Waals surface area contributed by atoms with E-state index in [4.69, 9.17) is 5.73 Å². The van der Waals surface area contributed by atoms with E-state index >= 15 is 0 Å². The molecule has 2 nitrogen and oxygen atoms in total. The van der Waals surface area contributed by atoms with Crippen LogP contribution in [0.4, 0.5) is 9.52 Å². The predicted molar refractivity (Wildman–Crippen MR) is 76.8 cm³/mol. The van der Waals surface area contributed by atoms with E-state index in [1.807, 2.05) is 17.5 Å². The molecule has 0 saturated heterocycles. The molecule has 1 aromatic carbocycles. The Labute approximate surface area is 116 Å². The van der Waals surface area contributed by atoms with Gasteiger partial charge in [0, 0.05) is 10.8 Å². The fraction of sp³-hybridized carbons (Fsp3) is 0.400. The largest absolute Gasteiger partial charge is 0.375 e. The summed E-state index contributed by atoms with van der Waals surface area (Å²) in [6, 6.07) is 7.09. The number of nitrogen functional groups attached to an aromatic ring is 1. The van der Waals surface area contributed by atoms with Crippen molar-refractivity contribution in [2.45, 2.75) is 37.5 Å². The zero-order chi connectivity index (χ0) is 13.3. The van der Waals surface area contributed by atoms with Gasteiger partial charge in [-0.2, -0.15) is 0 Å². The number of benzene rings is 1. The van der Waals surface area contributed by atoms with Crippen molar-refractivity contribution >= 4 is 16.5 Å². The molecule has 100 valence electrons. The lowest BCUT2D eigenvalue weighted by Crippen LogP contribution is -2.32. The molecule has 1 aliphatic rings. The van der Waals surface area contributed by atoms with Crippen LogP contribution in [0.25, 0.3) is 0 Å². The normalized spacial score (nSPS) is 18.4. The lowest BCUT2D eigenvalue weighted by Gasteiger charge is -2.36. The molecule has 1 fully saturated rings. The van der Waals surface area contributed by atoms with Gasteiger partial charge in [-0.05, 0) is 24.5 Å². The van der Waals surface area contributed by atoms with Crippen molar-refractivity contribution in [1.82, 2.24) is 4.98 Å². The molecule has 0 radical (unpaired) electrons. The summed E-state index contributed by atoms with van der Waals surface area (Å²) in [7, 11) is 0. The van der Waals surface area contributed by atoms with Crippen LogP contribution in [-0.2, 0) is 5.41 Å². The molecule has 3 rings (SSSR count). The van der Waals surface area contributed by atoms with E-state index in [1.165, 1.54) is 17.8 Å². The maximum atomic E-state index is 14.3. The molecule has 2 aromatic rings. The first-order valence-electron chi connectivity index (χ1n) is 6.69. The monoisotopic (exact) mass is 276 g/mol. The number of nitrogens with two attached hydrogens (primary N) is 1. The standard InChI is InChI=1S/C15H17FN2S/c16-12-7-3-2-6-11(12)15(8-4-1-5-9-15)13-10-19-14(17)18-13/h2-3,6-7,10H,1,4-5,8-9H2,(H2,17,18). The van der Waals surface area contributed by atoms with Gasteiger partial charge in [-0.3, -0.25) is 0 Å². The third-order valence-electron chi connectivity index (χ3n) is 4.11. The highest BCUT2D eigenvalue weighted by atomic mass is 32.1. The summed E-state index contributed by atoms with van der Waals surface area (Å²) in [5.74, 6) is -0.129. The Bertz CT molecular complexity index is 573. The number of nitrogens with zero attached hydrogens (tertiary/aromatic N) is 1. The number of hydrogen-bond acceptors (Lipinski definition) is 3. The fourth-order valence-electron chi connectivity index (χ4n) is 3.18. The van der Waals surface area contributed by atoms with E-state index in [2.05, 4.69) is 4.98 Å². The third-order valence-corrected chi connectivity index (χ3v) is 4.78. The summed E-state index contributed by atoms with van der Waals surface area (Å²) in [4.78, 5) is 4.45. The lowest BCUT2D eigenvalue weighted by molar-refractivity contribution is 0.329. The predicted octanol–water partition coefficient (Wildman–Crippen LogP) is 4.11. The number of anilines is 1. The molecule has 4 heteroatoms. The van der Waals surface area contributed by atoms with Gasteiger partial charge in [0.1, 0.15) is 5.82 Å². The van der Waals surface area contributed by atoms with Crippen LogP contribution in [0.3, 0.4) is 0 Å². The minimum absolute atomic E-state index is 0.129. The minimum atomic E-state index is -0.280. The average Bonchev–Trinajstić information content (AvgIpc) is 2.87. The molecule has 0 atom stereocenters. The summed E-state index contributed by atoms with van der Waals surface area (Å²) < 4.78 is 14.3. The van der Waals surface area contributed by atoms with Gasteiger partial charge >= 0.3 is 0 Å². The smallest absolute Gasteiger partial charge is 0.180 e. The van der Waals surface area contributed by atoms with Gasteiger partial charge in [-0.25, -0.2) is 9.37 Å². The first-order valence-corrected chi connectivity index (χ1v) is 7.57. The summed E-state index contributed by atoms with van der Waals surface area (Å²) in [6.07, 6.45) is 5.36. The zero-order valence-corrected chi connectivity index (χ0v) is 11.5. The topological polar surface area (TPSA) is 38.9 Å². The molecule has 0 spiro atoms. The Morgan fingerprint density at radius 1 is 1.16 bits per heavy atom. The van der Waals surface area contributed by atoms with Gasteiger partial charge < -0.3 is 5.73 Å². The maximum Gasteiger partial charge on any atom is 0.180 e. The van der Waals surface area contributed by atoms with Crippen LogP contribution in [0.2, 0.25) is 0 Å². The maximum absolute atomic E-state index is 14.3. The molecule has 19 heavy (non-hydrogen) atoms. The van der Waals surface area contributed by atoms with Crippen LogP contribution in [0.15, 0.2) is 29.6 Å².